The van der Waals surface area contributed by atoms with Crippen molar-refractivity contribution < 1.29 is 9.18 Å². The molecule has 6 nitrogen and oxygen atoms in total. The van der Waals surface area contributed by atoms with Crippen LogP contribution in [-0.4, -0.2) is 20.9 Å². The maximum Gasteiger partial charge on any atom is 0.271 e. The van der Waals surface area contributed by atoms with Gasteiger partial charge in [0.05, 0.1) is 12.4 Å². The van der Waals surface area contributed by atoms with Crippen molar-refractivity contribution in [2.45, 2.75) is 13.1 Å². The SMILES string of the molecule is O=C(NCc1ccccc1F)c1cnc(NCc2cccnc2)cn1. The molecule has 3 aromatic rings. The Balaban J connectivity index is 1.54. The van der Waals surface area contributed by atoms with Crippen LogP contribution in [0.25, 0.3) is 0 Å². The minimum absolute atomic E-state index is 0.0915. The van der Waals surface area contributed by atoms with Gasteiger partial charge >= 0.3 is 0 Å². The fourth-order valence-corrected chi connectivity index (χ4v) is 2.14. The molecule has 7 heteroatoms. The highest BCUT2D eigenvalue weighted by Gasteiger charge is 2.09. The first kappa shape index (κ1) is 16.5. The average Bonchev–Trinajstić information content (AvgIpc) is 2.67. The maximum atomic E-state index is 13.5. The highest BCUT2D eigenvalue weighted by Crippen LogP contribution is 2.07. The number of anilines is 1. The summed E-state index contributed by atoms with van der Waals surface area (Å²) in [5, 5.41) is 5.72. The summed E-state index contributed by atoms with van der Waals surface area (Å²) >= 11 is 0. The van der Waals surface area contributed by atoms with Crippen molar-refractivity contribution >= 4 is 11.7 Å². The van der Waals surface area contributed by atoms with Gasteiger partial charge in [0.25, 0.3) is 5.91 Å². The summed E-state index contributed by atoms with van der Waals surface area (Å²) in [7, 11) is 0. The molecule has 0 saturated heterocycles. The van der Waals surface area contributed by atoms with Crippen molar-refractivity contribution in [1.82, 2.24) is 20.3 Å². The van der Waals surface area contributed by atoms with Crippen molar-refractivity contribution in [3.63, 3.8) is 0 Å². The highest BCUT2D eigenvalue weighted by atomic mass is 19.1. The van der Waals surface area contributed by atoms with Gasteiger partial charge < -0.3 is 10.6 Å². The van der Waals surface area contributed by atoms with Gasteiger partial charge in [-0.1, -0.05) is 24.3 Å². The van der Waals surface area contributed by atoms with Gasteiger partial charge in [-0.05, 0) is 17.7 Å². The number of carbonyl (C=O) groups excluding carboxylic acids is 1. The third kappa shape index (κ3) is 4.57. The molecule has 126 valence electrons. The summed E-state index contributed by atoms with van der Waals surface area (Å²) in [6.45, 7) is 0.648. The molecule has 0 unspecified atom stereocenters. The summed E-state index contributed by atoms with van der Waals surface area (Å²) in [4.78, 5) is 24.3. The molecule has 0 spiro atoms. The highest BCUT2D eigenvalue weighted by molar-refractivity contribution is 5.91. The largest absolute Gasteiger partial charge is 0.365 e. The van der Waals surface area contributed by atoms with Crippen LogP contribution in [0.3, 0.4) is 0 Å². The zero-order valence-electron chi connectivity index (χ0n) is 13.3. The van der Waals surface area contributed by atoms with Crippen molar-refractivity contribution in [1.29, 1.82) is 0 Å². The van der Waals surface area contributed by atoms with E-state index in [0.717, 1.165) is 5.56 Å². The number of hydrogen-bond donors (Lipinski definition) is 2. The van der Waals surface area contributed by atoms with E-state index >= 15 is 0 Å². The van der Waals surface area contributed by atoms with Crippen LogP contribution in [0, 0.1) is 5.82 Å². The topological polar surface area (TPSA) is 79.8 Å². The third-order valence-electron chi connectivity index (χ3n) is 3.48. The van der Waals surface area contributed by atoms with E-state index in [-0.39, 0.29) is 18.1 Å². The van der Waals surface area contributed by atoms with Gasteiger partial charge in [-0.3, -0.25) is 9.78 Å². The standard InChI is InChI=1S/C18H16FN5O/c19-15-6-2-1-5-14(15)10-24-18(25)16-11-23-17(12-21-16)22-9-13-4-3-7-20-8-13/h1-8,11-12H,9-10H2,(H,22,23)(H,24,25). The Labute approximate surface area is 144 Å². The first-order chi connectivity index (χ1) is 12.2. The predicted molar refractivity (Wildman–Crippen MR) is 91.2 cm³/mol. The van der Waals surface area contributed by atoms with Crippen LogP contribution in [0.5, 0.6) is 0 Å². The van der Waals surface area contributed by atoms with Crippen molar-refractivity contribution in [2.75, 3.05) is 5.32 Å². The van der Waals surface area contributed by atoms with Crippen molar-refractivity contribution in [2.24, 2.45) is 0 Å². The van der Waals surface area contributed by atoms with E-state index in [9.17, 15) is 9.18 Å². The van der Waals surface area contributed by atoms with Crippen molar-refractivity contribution in [3.8, 4) is 0 Å². The number of rotatable bonds is 6. The van der Waals surface area contributed by atoms with E-state index in [2.05, 4.69) is 25.6 Å². The molecule has 25 heavy (non-hydrogen) atoms. The lowest BCUT2D eigenvalue weighted by molar-refractivity contribution is 0.0945. The molecule has 1 aromatic carbocycles. The molecule has 2 N–H and O–H groups in total. The quantitative estimate of drug-likeness (QED) is 0.723. The Hall–Kier alpha value is -3.35. The molecule has 0 aliphatic heterocycles. The van der Waals surface area contributed by atoms with E-state index < -0.39 is 5.91 Å². The van der Waals surface area contributed by atoms with Crippen molar-refractivity contribution in [3.05, 3.63) is 83.8 Å². The van der Waals surface area contributed by atoms with Gasteiger partial charge in [-0.2, -0.15) is 0 Å². The first-order valence-corrected chi connectivity index (χ1v) is 7.69. The van der Waals surface area contributed by atoms with Crippen LogP contribution in [0.1, 0.15) is 21.6 Å². The average molecular weight is 337 g/mol. The second-order valence-corrected chi connectivity index (χ2v) is 5.28. The Bertz CT molecular complexity index is 840. The fourth-order valence-electron chi connectivity index (χ4n) is 2.14. The molecule has 0 radical (unpaired) electrons. The van der Waals surface area contributed by atoms with Gasteiger partial charge in [0.15, 0.2) is 0 Å². The van der Waals surface area contributed by atoms with E-state index in [0.29, 0.717) is 17.9 Å². The number of hydrogen-bond acceptors (Lipinski definition) is 5. The number of nitrogens with zero attached hydrogens (tertiary/aromatic N) is 3. The van der Waals surface area contributed by atoms with Gasteiger partial charge in [0.2, 0.25) is 0 Å². The molecule has 1 amide bonds. The van der Waals surface area contributed by atoms with Crippen LogP contribution in [-0.2, 0) is 13.1 Å². The lowest BCUT2D eigenvalue weighted by Crippen LogP contribution is -2.24. The molecule has 0 bridgehead atoms. The minimum Gasteiger partial charge on any atom is -0.365 e. The minimum atomic E-state index is -0.408. The normalized spacial score (nSPS) is 10.3. The van der Waals surface area contributed by atoms with Gasteiger partial charge in [-0.15, -0.1) is 0 Å². The van der Waals surface area contributed by atoms with Crippen LogP contribution in [0.4, 0.5) is 10.2 Å². The summed E-state index contributed by atoms with van der Waals surface area (Å²) in [5.41, 5.74) is 1.60. The number of halogens is 1. The zero-order chi connectivity index (χ0) is 17.5. The van der Waals surface area contributed by atoms with Crippen LogP contribution < -0.4 is 10.6 Å². The molecule has 0 atom stereocenters. The third-order valence-corrected chi connectivity index (χ3v) is 3.48. The Morgan fingerprint density at radius 3 is 2.60 bits per heavy atom. The van der Waals surface area contributed by atoms with Crippen LogP contribution >= 0.6 is 0 Å². The van der Waals surface area contributed by atoms with E-state index in [1.165, 1.54) is 18.5 Å². The second-order valence-electron chi connectivity index (χ2n) is 5.28. The molecule has 2 aromatic heterocycles. The lowest BCUT2D eigenvalue weighted by atomic mass is 10.2. The number of amides is 1. The summed E-state index contributed by atoms with van der Waals surface area (Å²) < 4.78 is 13.5. The van der Waals surface area contributed by atoms with E-state index in [1.807, 2.05) is 12.1 Å². The Morgan fingerprint density at radius 2 is 1.88 bits per heavy atom. The molecule has 0 aliphatic rings. The zero-order valence-corrected chi connectivity index (χ0v) is 13.3. The molecule has 2 heterocycles. The molecule has 3 rings (SSSR count). The smallest absolute Gasteiger partial charge is 0.271 e. The maximum absolute atomic E-state index is 13.5. The number of aromatic nitrogens is 3. The van der Waals surface area contributed by atoms with Gasteiger partial charge in [0, 0.05) is 31.0 Å². The number of nitrogens with one attached hydrogen (secondary N) is 2. The van der Waals surface area contributed by atoms with Crippen LogP contribution in [0.15, 0.2) is 61.2 Å². The Morgan fingerprint density at radius 1 is 1.00 bits per heavy atom. The molecular weight excluding hydrogens is 321 g/mol. The molecule has 0 saturated carbocycles. The lowest BCUT2D eigenvalue weighted by Gasteiger charge is -2.07. The molecular formula is C18H16FN5O. The number of pyridine rings is 1. The summed E-state index contributed by atoms with van der Waals surface area (Å²) in [5.74, 6) is -0.215. The van der Waals surface area contributed by atoms with Gasteiger partial charge in [-0.25, -0.2) is 14.4 Å². The number of carbonyl (C=O) groups is 1. The summed E-state index contributed by atoms with van der Waals surface area (Å²) in [6, 6.07) is 10.1. The van der Waals surface area contributed by atoms with E-state index in [1.54, 1.807) is 30.6 Å². The second kappa shape index (κ2) is 7.96. The molecule has 0 aliphatic carbocycles. The first-order valence-electron chi connectivity index (χ1n) is 7.69. The monoisotopic (exact) mass is 337 g/mol. The number of benzene rings is 1. The summed E-state index contributed by atoms with van der Waals surface area (Å²) in [6.07, 6.45) is 6.32. The Kier molecular flexibility index (Phi) is 5.26. The fraction of sp³-hybridized carbons (Fsp3) is 0.111. The van der Waals surface area contributed by atoms with Crippen LogP contribution in [0.2, 0.25) is 0 Å². The van der Waals surface area contributed by atoms with Gasteiger partial charge in [0.1, 0.15) is 17.3 Å². The predicted octanol–water partition coefficient (Wildman–Crippen LogP) is 2.55. The van der Waals surface area contributed by atoms with E-state index in [4.69, 9.17) is 0 Å². The molecule has 0 fully saturated rings.